The standard InChI is InChI=1S/C34H31BrF2N8O/c1-16(2)40-31(38)18-5-9-26-28(13-18)44-33(42-26)20-11-24(36)30(25(37)12-20)46-21-7-8-22(23(35)15-21)34-43-27-10-6-19(14-29(27)45-34)32(39)41-17(3)4/h5-17H,1-4H3,(H2,38,40)(H2,39,41)(H,42,44)(H,43,45). The summed E-state index contributed by atoms with van der Waals surface area (Å²) in [7, 11) is 0. The molecule has 0 fully saturated rings. The number of aromatic nitrogens is 4. The highest BCUT2D eigenvalue weighted by molar-refractivity contribution is 9.10. The number of amidine groups is 2. The fourth-order valence-electron chi connectivity index (χ4n) is 5.00. The minimum atomic E-state index is -0.884. The van der Waals surface area contributed by atoms with Crippen LogP contribution in [0.4, 0.5) is 8.78 Å². The van der Waals surface area contributed by atoms with Gasteiger partial charge in [0.1, 0.15) is 29.1 Å². The van der Waals surface area contributed by atoms with Gasteiger partial charge in [-0.1, -0.05) is 0 Å². The van der Waals surface area contributed by atoms with E-state index in [1.165, 1.54) is 12.1 Å². The molecule has 9 nitrogen and oxygen atoms in total. The lowest BCUT2D eigenvalue weighted by atomic mass is 10.1. The van der Waals surface area contributed by atoms with Crippen LogP contribution in [0.25, 0.3) is 44.8 Å². The normalized spacial score (nSPS) is 11.5. The summed E-state index contributed by atoms with van der Waals surface area (Å²) in [5.74, 6) is -0.610. The zero-order valence-corrected chi connectivity index (χ0v) is 27.0. The highest BCUT2D eigenvalue weighted by Crippen LogP contribution is 2.36. The molecule has 0 saturated heterocycles. The third kappa shape index (κ3) is 6.34. The first-order valence-electron chi connectivity index (χ1n) is 14.6. The van der Waals surface area contributed by atoms with E-state index in [0.29, 0.717) is 32.7 Å². The zero-order chi connectivity index (χ0) is 32.7. The number of hydrogen-bond acceptors (Lipinski definition) is 5. The van der Waals surface area contributed by atoms with E-state index in [0.717, 1.165) is 22.2 Å². The Kier molecular flexibility index (Phi) is 8.30. The maximum absolute atomic E-state index is 15.3. The predicted octanol–water partition coefficient (Wildman–Crippen LogP) is 8.25. The van der Waals surface area contributed by atoms with Crippen LogP contribution in [-0.4, -0.2) is 43.7 Å². The molecule has 4 aromatic carbocycles. The van der Waals surface area contributed by atoms with E-state index in [9.17, 15) is 0 Å². The number of nitrogens with zero attached hydrogens (tertiary/aromatic N) is 2. The first-order valence-corrected chi connectivity index (χ1v) is 15.4. The van der Waals surface area contributed by atoms with Crippen LogP contribution in [0.3, 0.4) is 0 Å². The molecule has 2 heterocycles. The fourth-order valence-corrected chi connectivity index (χ4v) is 5.55. The van der Waals surface area contributed by atoms with Crippen molar-refractivity contribution in [2.24, 2.45) is 0 Å². The molecule has 46 heavy (non-hydrogen) atoms. The molecular weight excluding hydrogens is 654 g/mol. The minimum Gasteiger partial charge on any atom is -0.451 e. The van der Waals surface area contributed by atoms with Crippen molar-refractivity contribution in [3.63, 3.8) is 0 Å². The molecule has 234 valence electrons. The average molecular weight is 686 g/mol. The predicted molar refractivity (Wildman–Crippen MR) is 181 cm³/mol. The Hall–Kier alpha value is -5.10. The monoisotopic (exact) mass is 684 g/mol. The second-order valence-electron chi connectivity index (χ2n) is 11.5. The van der Waals surface area contributed by atoms with Gasteiger partial charge < -0.3 is 25.3 Å². The Balaban J connectivity index is 1.22. The molecule has 0 aliphatic carbocycles. The summed E-state index contributed by atoms with van der Waals surface area (Å²) in [6.45, 7) is 7.85. The molecule has 0 aliphatic heterocycles. The lowest BCUT2D eigenvalue weighted by Crippen LogP contribution is -2.30. The molecule has 6 rings (SSSR count). The third-order valence-corrected chi connectivity index (χ3v) is 7.75. The first-order chi connectivity index (χ1) is 21.9. The van der Waals surface area contributed by atoms with E-state index in [1.54, 1.807) is 36.4 Å². The maximum atomic E-state index is 15.3. The zero-order valence-electron chi connectivity index (χ0n) is 25.4. The summed E-state index contributed by atoms with van der Waals surface area (Å²) >= 11 is 3.54. The number of aromatic amines is 2. The maximum Gasteiger partial charge on any atom is 0.198 e. The molecule has 0 amide bonds. The molecule has 12 heteroatoms. The van der Waals surface area contributed by atoms with Gasteiger partial charge in [0.2, 0.25) is 0 Å². The van der Waals surface area contributed by atoms with Crippen LogP contribution >= 0.6 is 15.9 Å². The molecule has 0 unspecified atom stereocenters. The van der Waals surface area contributed by atoms with Gasteiger partial charge in [-0.05, 0) is 110 Å². The van der Waals surface area contributed by atoms with Gasteiger partial charge in [-0.25, -0.2) is 18.7 Å². The van der Waals surface area contributed by atoms with Crippen molar-refractivity contribution in [3.05, 3.63) is 94.0 Å². The summed E-state index contributed by atoms with van der Waals surface area (Å²) in [6, 6.07) is 18.4. The number of halogens is 3. The van der Waals surface area contributed by atoms with Gasteiger partial charge in [0, 0.05) is 38.8 Å². The molecule has 2 aromatic heterocycles. The number of rotatable bonds is 8. The number of ether oxygens (including phenoxy) is 1. The first kappa shape index (κ1) is 30.9. The molecular formula is C34H31BrF2N8O. The summed E-state index contributed by atoms with van der Waals surface area (Å²) in [4.78, 5) is 15.5. The van der Waals surface area contributed by atoms with Crippen LogP contribution in [-0.2, 0) is 0 Å². The van der Waals surface area contributed by atoms with Gasteiger partial charge in [-0.3, -0.25) is 10.8 Å². The Morgan fingerprint density at radius 1 is 0.739 bits per heavy atom. The second-order valence-corrected chi connectivity index (χ2v) is 12.3. The lowest BCUT2D eigenvalue weighted by Gasteiger charge is -2.11. The topological polar surface area (TPSA) is 138 Å². The number of benzene rings is 4. The van der Waals surface area contributed by atoms with Gasteiger partial charge in [0.25, 0.3) is 0 Å². The van der Waals surface area contributed by atoms with Crippen molar-refractivity contribution in [2.75, 3.05) is 0 Å². The SMILES string of the molecule is CC(C)NC(=N)c1ccc2nc(-c3cc(F)c(Oc4ccc(-c5nc6ccc(C(=N)NC(C)C)cc6[nH]5)c(Br)c4)c(F)c3)[nH]c2c1. The summed E-state index contributed by atoms with van der Waals surface area (Å²) in [5, 5.41) is 22.6. The summed E-state index contributed by atoms with van der Waals surface area (Å²) in [6.07, 6.45) is 0. The highest BCUT2D eigenvalue weighted by atomic mass is 79.9. The molecule has 0 spiro atoms. The van der Waals surface area contributed by atoms with Crippen LogP contribution in [0.1, 0.15) is 38.8 Å². The Morgan fingerprint density at radius 3 is 1.78 bits per heavy atom. The average Bonchev–Trinajstić information content (AvgIpc) is 3.62. The quantitative estimate of drug-likeness (QED) is 0.0708. The van der Waals surface area contributed by atoms with Gasteiger partial charge in [-0.2, -0.15) is 0 Å². The Bertz CT molecular complexity index is 2110. The van der Waals surface area contributed by atoms with E-state index in [2.05, 4.69) is 46.5 Å². The number of H-pyrrole nitrogens is 2. The fraction of sp³-hybridized carbons (Fsp3) is 0.176. The smallest absolute Gasteiger partial charge is 0.198 e. The van der Waals surface area contributed by atoms with E-state index < -0.39 is 17.4 Å². The molecule has 0 radical (unpaired) electrons. The minimum absolute atomic E-state index is 0.103. The Labute approximate surface area is 272 Å². The van der Waals surface area contributed by atoms with Crippen molar-refractivity contribution < 1.29 is 13.5 Å². The molecule has 6 aromatic rings. The largest absolute Gasteiger partial charge is 0.451 e. The number of fused-ring (bicyclic) bond motifs is 2. The summed E-state index contributed by atoms with van der Waals surface area (Å²) in [5.41, 5.74) is 5.10. The van der Waals surface area contributed by atoms with Crippen LogP contribution in [0, 0.1) is 22.5 Å². The molecule has 0 aliphatic rings. The van der Waals surface area contributed by atoms with E-state index in [-0.39, 0.29) is 35.1 Å². The van der Waals surface area contributed by atoms with Crippen molar-refractivity contribution in [2.45, 2.75) is 39.8 Å². The molecule has 0 bridgehead atoms. The van der Waals surface area contributed by atoms with E-state index >= 15 is 8.78 Å². The van der Waals surface area contributed by atoms with Crippen LogP contribution in [0.5, 0.6) is 11.5 Å². The Morgan fingerprint density at radius 2 is 1.26 bits per heavy atom. The van der Waals surface area contributed by atoms with Gasteiger partial charge in [0.15, 0.2) is 17.4 Å². The third-order valence-electron chi connectivity index (χ3n) is 7.09. The van der Waals surface area contributed by atoms with Crippen molar-refractivity contribution in [1.82, 2.24) is 30.6 Å². The van der Waals surface area contributed by atoms with Gasteiger partial charge >= 0.3 is 0 Å². The van der Waals surface area contributed by atoms with Gasteiger partial charge in [-0.15, -0.1) is 0 Å². The lowest BCUT2D eigenvalue weighted by molar-refractivity contribution is 0.407. The molecule has 0 saturated carbocycles. The number of nitrogens with one attached hydrogen (secondary N) is 6. The van der Waals surface area contributed by atoms with E-state index in [4.69, 9.17) is 15.6 Å². The molecule has 6 N–H and O–H groups in total. The molecule has 0 atom stereocenters. The number of hydrogen-bond donors (Lipinski definition) is 6. The number of imidazole rings is 2. The second kappa shape index (κ2) is 12.4. The van der Waals surface area contributed by atoms with Crippen molar-refractivity contribution in [1.29, 1.82) is 10.8 Å². The van der Waals surface area contributed by atoms with Crippen LogP contribution in [0.2, 0.25) is 0 Å². The van der Waals surface area contributed by atoms with Crippen LogP contribution < -0.4 is 15.4 Å². The van der Waals surface area contributed by atoms with Crippen LogP contribution in [0.15, 0.2) is 71.2 Å². The van der Waals surface area contributed by atoms with Crippen molar-refractivity contribution >= 4 is 49.7 Å². The van der Waals surface area contributed by atoms with E-state index in [1.807, 2.05) is 45.9 Å². The summed E-state index contributed by atoms with van der Waals surface area (Å²) < 4.78 is 36.8. The van der Waals surface area contributed by atoms with Crippen molar-refractivity contribution in [3.8, 4) is 34.3 Å². The van der Waals surface area contributed by atoms with Gasteiger partial charge in [0.05, 0.1) is 22.1 Å². The highest BCUT2D eigenvalue weighted by Gasteiger charge is 2.18.